The number of rotatable bonds is 15. The molecule has 0 aromatic heterocycles. The molecule has 0 saturated heterocycles. The Morgan fingerprint density at radius 2 is 1.00 bits per heavy atom. The molecule has 0 unspecified atom stereocenters. The largest absolute Gasteiger partial charge is 0.491 e. The number of hydrogen-bond acceptors (Lipinski definition) is 6. The van der Waals surface area contributed by atoms with Crippen LogP contribution in [0.25, 0.3) is 0 Å². The Morgan fingerprint density at radius 1 is 0.625 bits per heavy atom. The molecule has 8 heteroatoms. The molecule has 0 bridgehead atoms. The number of ether oxygens (including phenoxy) is 4. The molecule has 2 aromatic rings. The summed E-state index contributed by atoms with van der Waals surface area (Å²) in [5.41, 5.74) is 1.04. The van der Waals surface area contributed by atoms with Gasteiger partial charge in [-0.2, -0.15) is 0 Å². The Balaban J connectivity index is 1.65. The van der Waals surface area contributed by atoms with Gasteiger partial charge in [0.05, 0.1) is 13.2 Å². The number of nitrogens with one attached hydrogen (secondary N) is 2. The van der Waals surface area contributed by atoms with Crippen LogP contribution < -0.4 is 20.1 Å². The third kappa shape index (κ3) is 9.36. The lowest BCUT2D eigenvalue weighted by Gasteiger charge is -2.09. The first kappa shape index (κ1) is 25.2. The zero-order chi connectivity index (χ0) is 23.0. The highest BCUT2D eigenvalue weighted by molar-refractivity contribution is 5.95. The molecule has 2 amide bonds. The van der Waals surface area contributed by atoms with Gasteiger partial charge in [-0.3, -0.25) is 9.59 Å². The minimum atomic E-state index is -0.214. The summed E-state index contributed by atoms with van der Waals surface area (Å²) in [5.74, 6) is 0.931. The third-order valence-corrected chi connectivity index (χ3v) is 4.33. The number of amides is 2. The lowest BCUT2D eigenvalue weighted by Crippen LogP contribution is -2.34. The van der Waals surface area contributed by atoms with Gasteiger partial charge in [0, 0.05) is 37.4 Å². The smallest absolute Gasteiger partial charge is 0.251 e. The van der Waals surface area contributed by atoms with Crippen LogP contribution in [-0.4, -0.2) is 64.5 Å². The fourth-order valence-corrected chi connectivity index (χ4v) is 2.69. The van der Waals surface area contributed by atoms with E-state index in [1.54, 1.807) is 48.5 Å². The average Bonchev–Trinajstić information content (AvgIpc) is 2.83. The third-order valence-electron chi connectivity index (χ3n) is 4.33. The minimum Gasteiger partial charge on any atom is -0.491 e. The molecule has 0 aliphatic heterocycles. The van der Waals surface area contributed by atoms with Crippen LogP contribution in [0.1, 0.15) is 34.6 Å². The van der Waals surface area contributed by atoms with Crippen molar-refractivity contribution in [2.75, 3.05) is 52.7 Å². The van der Waals surface area contributed by atoms with Gasteiger partial charge in [-0.05, 0) is 62.4 Å². The van der Waals surface area contributed by atoms with E-state index in [1.807, 2.05) is 13.8 Å². The van der Waals surface area contributed by atoms with Crippen LogP contribution in [0.4, 0.5) is 0 Å². The van der Waals surface area contributed by atoms with Gasteiger partial charge in [-0.25, -0.2) is 0 Å². The highest BCUT2D eigenvalue weighted by atomic mass is 16.5. The molecule has 0 aliphatic carbocycles. The maximum atomic E-state index is 12.2. The highest BCUT2D eigenvalue weighted by Crippen LogP contribution is 2.13. The lowest BCUT2D eigenvalue weighted by molar-refractivity contribution is 0.0927. The maximum absolute atomic E-state index is 12.2. The fourth-order valence-electron chi connectivity index (χ4n) is 2.69. The van der Waals surface area contributed by atoms with E-state index in [9.17, 15) is 9.59 Å². The molecule has 0 aliphatic rings. The van der Waals surface area contributed by atoms with E-state index < -0.39 is 0 Å². The summed E-state index contributed by atoms with van der Waals surface area (Å²) in [4.78, 5) is 24.5. The van der Waals surface area contributed by atoms with Crippen molar-refractivity contribution in [3.8, 4) is 11.5 Å². The minimum absolute atomic E-state index is 0.214. The van der Waals surface area contributed by atoms with E-state index in [-0.39, 0.29) is 11.8 Å². The normalized spacial score (nSPS) is 10.4. The molecule has 32 heavy (non-hydrogen) atoms. The van der Waals surface area contributed by atoms with Gasteiger partial charge >= 0.3 is 0 Å². The van der Waals surface area contributed by atoms with Crippen molar-refractivity contribution in [3.63, 3.8) is 0 Å². The van der Waals surface area contributed by atoms with Crippen LogP contribution in [0.3, 0.4) is 0 Å². The monoisotopic (exact) mass is 444 g/mol. The van der Waals surface area contributed by atoms with Crippen molar-refractivity contribution in [3.05, 3.63) is 59.7 Å². The topological polar surface area (TPSA) is 95.1 Å². The predicted molar refractivity (Wildman–Crippen MR) is 122 cm³/mol. The van der Waals surface area contributed by atoms with Crippen molar-refractivity contribution in [2.45, 2.75) is 13.8 Å². The second-order valence-corrected chi connectivity index (χ2v) is 6.65. The van der Waals surface area contributed by atoms with Gasteiger partial charge in [0.15, 0.2) is 0 Å². The molecule has 8 nitrogen and oxygen atoms in total. The van der Waals surface area contributed by atoms with Crippen LogP contribution in [0.2, 0.25) is 0 Å². The molecule has 2 N–H and O–H groups in total. The molecule has 0 fully saturated rings. The summed E-state index contributed by atoms with van der Waals surface area (Å²) in [6.07, 6.45) is 0. The zero-order valence-electron chi connectivity index (χ0n) is 18.7. The first-order valence-electron chi connectivity index (χ1n) is 10.8. The van der Waals surface area contributed by atoms with Crippen LogP contribution in [-0.2, 0) is 9.47 Å². The number of benzene rings is 2. The van der Waals surface area contributed by atoms with E-state index >= 15 is 0 Å². The summed E-state index contributed by atoms with van der Waals surface area (Å²) in [6, 6.07) is 13.8. The SMILES string of the molecule is CCOCCOc1ccc(C(=O)NCCNC(=O)c2ccc(OCCOCC)cc2)cc1. The Labute approximate surface area is 189 Å². The van der Waals surface area contributed by atoms with Crippen molar-refractivity contribution in [1.82, 2.24) is 10.6 Å². The number of hydrogen-bond donors (Lipinski definition) is 2. The number of carbonyl (C=O) groups excluding carboxylic acids is 2. The van der Waals surface area contributed by atoms with Crippen molar-refractivity contribution in [1.29, 1.82) is 0 Å². The second kappa shape index (κ2) is 14.8. The Morgan fingerprint density at radius 3 is 1.34 bits per heavy atom. The fraction of sp³-hybridized carbons (Fsp3) is 0.417. The highest BCUT2D eigenvalue weighted by Gasteiger charge is 2.08. The van der Waals surface area contributed by atoms with E-state index in [0.717, 1.165) is 0 Å². The molecule has 0 spiro atoms. The van der Waals surface area contributed by atoms with Crippen molar-refractivity contribution < 1.29 is 28.5 Å². The van der Waals surface area contributed by atoms with Crippen LogP contribution in [0.15, 0.2) is 48.5 Å². The van der Waals surface area contributed by atoms with Crippen molar-refractivity contribution >= 4 is 11.8 Å². The molecule has 2 aromatic carbocycles. The number of carbonyl (C=O) groups is 2. The molecule has 0 saturated carbocycles. The Kier molecular flexibility index (Phi) is 11.7. The summed E-state index contributed by atoms with van der Waals surface area (Å²) >= 11 is 0. The van der Waals surface area contributed by atoms with Crippen LogP contribution >= 0.6 is 0 Å². The maximum Gasteiger partial charge on any atom is 0.251 e. The Hall–Kier alpha value is -3.10. The summed E-state index contributed by atoms with van der Waals surface area (Å²) < 4.78 is 21.5. The second-order valence-electron chi connectivity index (χ2n) is 6.65. The van der Waals surface area contributed by atoms with E-state index in [0.29, 0.717) is 75.4 Å². The van der Waals surface area contributed by atoms with Crippen LogP contribution in [0.5, 0.6) is 11.5 Å². The summed E-state index contributed by atoms with van der Waals surface area (Å²) in [7, 11) is 0. The molecular formula is C24H32N2O6. The molecular weight excluding hydrogens is 412 g/mol. The summed E-state index contributed by atoms with van der Waals surface area (Å²) in [5, 5.41) is 5.56. The van der Waals surface area contributed by atoms with Crippen molar-refractivity contribution in [2.24, 2.45) is 0 Å². The predicted octanol–water partition coefficient (Wildman–Crippen LogP) is 2.68. The quantitative estimate of drug-likeness (QED) is 0.410. The average molecular weight is 445 g/mol. The molecule has 0 radical (unpaired) electrons. The van der Waals surface area contributed by atoms with E-state index in [4.69, 9.17) is 18.9 Å². The standard InChI is InChI=1S/C24H32N2O6/c1-3-29-15-17-31-21-9-5-19(6-10-21)23(27)25-13-14-26-24(28)20-7-11-22(12-8-20)32-18-16-30-4-2/h5-12H,3-4,13-18H2,1-2H3,(H,25,27)(H,26,28). The van der Waals surface area contributed by atoms with Crippen LogP contribution in [0, 0.1) is 0 Å². The van der Waals surface area contributed by atoms with Gasteiger partial charge in [0.2, 0.25) is 0 Å². The van der Waals surface area contributed by atoms with Gasteiger partial charge in [-0.15, -0.1) is 0 Å². The first-order valence-corrected chi connectivity index (χ1v) is 10.8. The van der Waals surface area contributed by atoms with E-state index in [2.05, 4.69) is 10.6 Å². The van der Waals surface area contributed by atoms with Gasteiger partial charge in [0.1, 0.15) is 24.7 Å². The molecule has 2 rings (SSSR count). The van der Waals surface area contributed by atoms with Gasteiger partial charge in [0.25, 0.3) is 11.8 Å². The molecule has 174 valence electrons. The first-order chi connectivity index (χ1) is 15.6. The van der Waals surface area contributed by atoms with E-state index in [1.165, 1.54) is 0 Å². The van der Waals surface area contributed by atoms with Gasteiger partial charge in [-0.1, -0.05) is 0 Å². The molecule has 0 heterocycles. The summed E-state index contributed by atoms with van der Waals surface area (Å²) in [6.45, 7) is 7.76. The van der Waals surface area contributed by atoms with Gasteiger partial charge < -0.3 is 29.6 Å². The molecule has 0 atom stereocenters. The Bertz CT molecular complexity index is 739. The zero-order valence-corrected chi connectivity index (χ0v) is 18.7. The lowest BCUT2D eigenvalue weighted by atomic mass is 10.2.